The maximum Gasteiger partial charge on any atom is 0.226 e. The molecule has 4 fully saturated rings. The minimum absolute atomic E-state index is 0.0593. The molecule has 3 atom stereocenters. The molecule has 114 valence electrons. The largest absolute Gasteiger partial charge is 0.349 e. The van der Waals surface area contributed by atoms with Crippen LogP contribution in [0.15, 0.2) is 0 Å². The molecule has 0 aromatic carbocycles. The molecular formula is C17H28ClNO. The van der Waals surface area contributed by atoms with Crippen LogP contribution in [-0.4, -0.2) is 16.8 Å². The Labute approximate surface area is 128 Å². The second-order valence-electron chi connectivity index (χ2n) is 8.84. The van der Waals surface area contributed by atoms with Gasteiger partial charge in [0.1, 0.15) is 0 Å². The van der Waals surface area contributed by atoms with Crippen LogP contribution in [-0.2, 0) is 4.79 Å². The molecule has 4 aliphatic carbocycles. The maximum atomic E-state index is 13.0. The highest BCUT2D eigenvalue weighted by atomic mass is 35.5. The monoisotopic (exact) mass is 297 g/mol. The Hall–Kier alpha value is -0.240. The summed E-state index contributed by atoms with van der Waals surface area (Å²) >= 11 is 6.23. The molecule has 3 unspecified atom stereocenters. The Morgan fingerprint density at radius 3 is 2.25 bits per heavy atom. The molecular weight excluding hydrogens is 270 g/mol. The lowest BCUT2D eigenvalue weighted by Crippen LogP contribution is -2.60. The zero-order valence-corrected chi connectivity index (χ0v) is 14.0. The molecule has 0 aliphatic heterocycles. The number of nitrogens with one attached hydrogen (secondary N) is 1. The van der Waals surface area contributed by atoms with Crippen LogP contribution in [0.2, 0.25) is 0 Å². The van der Waals surface area contributed by atoms with E-state index in [1.54, 1.807) is 0 Å². The molecule has 0 heterocycles. The Bertz CT molecular complexity index is 415. The standard InChI is InChI=1S/C17H28ClNO/c1-11(18)15(2,3)19-14(20)17-8-12-5-13(9-17)7-16(4,6-12)10-17/h11-13H,5-10H2,1-4H3,(H,19,20). The highest BCUT2D eigenvalue weighted by molar-refractivity contribution is 6.21. The second kappa shape index (κ2) is 4.38. The Morgan fingerprint density at radius 1 is 1.25 bits per heavy atom. The summed E-state index contributed by atoms with van der Waals surface area (Å²) < 4.78 is 0. The molecule has 2 nitrogen and oxygen atoms in total. The summed E-state index contributed by atoms with van der Waals surface area (Å²) in [5.41, 5.74) is -0.0110. The van der Waals surface area contributed by atoms with Gasteiger partial charge in [-0.1, -0.05) is 6.92 Å². The first-order chi connectivity index (χ1) is 9.14. The van der Waals surface area contributed by atoms with Crippen molar-refractivity contribution in [3.63, 3.8) is 0 Å². The van der Waals surface area contributed by atoms with Crippen LogP contribution in [0.3, 0.4) is 0 Å². The summed E-state index contributed by atoms with van der Waals surface area (Å²) in [5.74, 6) is 1.84. The van der Waals surface area contributed by atoms with Gasteiger partial charge in [-0.25, -0.2) is 0 Å². The number of rotatable bonds is 3. The zero-order valence-electron chi connectivity index (χ0n) is 13.3. The molecule has 4 saturated carbocycles. The molecule has 0 aromatic rings. The lowest BCUT2D eigenvalue weighted by molar-refractivity contribution is -0.156. The normalized spacial score (nSPS) is 44.5. The van der Waals surface area contributed by atoms with Gasteiger partial charge in [-0.3, -0.25) is 4.79 Å². The van der Waals surface area contributed by atoms with Crippen LogP contribution in [0, 0.1) is 22.7 Å². The summed E-state index contributed by atoms with van der Waals surface area (Å²) in [7, 11) is 0. The minimum Gasteiger partial charge on any atom is -0.349 e. The molecule has 4 bridgehead atoms. The van der Waals surface area contributed by atoms with Crippen molar-refractivity contribution < 1.29 is 4.79 Å². The van der Waals surface area contributed by atoms with Gasteiger partial charge in [0, 0.05) is 0 Å². The SMILES string of the molecule is CC(Cl)C(C)(C)NC(=O)C12CC3CC(CC(C)(C3)C1)C2. The summed E-state index contributed by atoms with van der Waals surface area (Å²) in [6.45, 7) is 8.43. The fourth-order valence-corrected chi connectivity index (χ4v) is 5.57. The molecule has 1 amide bonds. The predicted octanol–water partition coefficient (Wildman–Crippen LogP) is 4.12. The van der Waals surface area contributed by atoms with Crippen molar-refractivity contribution >= 4 is 17.5 Å². The first-order valence-corrected chi connectivity index (χ1v) is 8.55. The smallest absolute Gasteiger partial charge is 0.226 e. The zero-order chi connectivity index (χ0) is 14.8. The van der Waals surface area contributed by atoms with E-state index in [1.807, 2.05) is 20.8 Å². The van der Waals surface area contributed by atoms with Gasteiger partial charge in [-0.2, -0.15) is 0 Å². The van der Waals surface area contributed by atoms with Crippen molar-refractivity contribution in [3.05, 3.63) is 0 Å². The lowest BCUT2D eigenvalue weighted by Gasteiger charge is -2.60. The number of alkyl halides is 1. The predicted molar refractivity (Wildman–Crippen MR) is 82.8 cm³/mol. The average Bonchev–Trinajstić information content (AvgIpc) is 2.24. The highest BCUT2D eigenvalue weighted by Crippen LogP contribution is 2.65. The quantitative estimate of drug-likeness (QED) is 0.780. The van der Waals surface area contributed by atoms with Gasteiger partial charge in [-0.05, 0) is 76.5 Å². The number of halogens is 1. The summed E-state index contributed by atoms with van der Waals surface area (Å²) in [6.07, 6.45) is 7.35. The van der Waals surface area contributed by atoms with Crippen LogP contribution in [0.25, 0.3) is 0 Å². The summed E-state index contributed by atoms with van der Waals surface area (Å²) in [4.78, 5) is 13.0. The van der Waals surface area contributed by atoms with E-state index in [4.69, 9.17) is 11.6 Å². The summed E-state index contributed by atoms with van der Waals surface area (Å²) in [5, 5.41) is 3.20. The van der Waals surface area contributed by atoms with Gasteiger partial charge >= 0.3 is 0 Å². The van der Waals surface area contributed by atoms with E-state index in [1.165, 1.54) is 19.3 Å². The third-order valence-corrected chi connectivity index (χ3v) is 6.81. The first kappa shape index (κ1) is 14.7. The number of hydrogen-bond acceptors (Lipinski definition) is 1. The van der Waals surface area contributed by atoms with Crippen LogP contribution in [0.4, 0.5) is 0 Å². The van der Waals surface area contributed by atoms with E-state index < -0.39 is 0 Å². The third kappa shape index (κ3) is 2.28. The van der Waals surface area contributed by atoms with Crippen molar-refractivity contribution in [2.45, 2.75) is 77.1 Å². The Morgan fingerprint density at radius 2 is 1.80 bits per heavy atom. The fraction of sp³-hybridized carbons (Fsp3) is 0.941. The van der Waals surface area contributed by atoms with Crippen molar-refractivity contribution in [2.24, 2.45) is 22.7 Å². The van der Waals surface area contributed by atoms with E-state index in [0.717, 1.165) is 31.1 Å². The van der Waals surface area contributed by atoms with E-state index in [0.29, 0.717) is 5.41 Å². The van der Waals surface area contributed by atoms with Gasteiger partial charge in [0.15, 0.2) is 0 Å². The van der Waals surface area contributed by atoms with Crippen molar-refractivity contribution in [2.75, 3.05) is 0 Å². The topological polar surface area (TPSA) is 29.1 Å². The lowest BCUT2D eigenvalue weighted by atomic mass is 9.44. The maximum absolute atomic E-state index is 13.0. The van der Waals surface area contributed by atoms with E-state index >= 15 is 0 Å². The molecule has 0 radical (unpaired) electrons. The second-order valence-corrected chi connectivity index (χ2v) is 9.50. The minimum atomic E-state index is -0.330. The number of hydrogen-bond donors (Lipinski definition) is 1. The fourth-order valence-electron chi connectivity index (χ4n) is 5.51. The molecule has 0 saturated heterocycles. The Kier molecular flexibility index (Phi) is 3.22. The molecule has 0 aromatic heterocycles. The van der Waals surface area contributed by atoms with Gasteiger partial charge < -0.3 is 5.32 Å². The number of carbonyl (C=O) groups is 1. The van der Waals surface area contributed by atoms with Crippen LogP contribution in [0.5, 0.6) is 0 Å². The average molecular weight is 298 g/mol. The Balaban J connectivity index is 1.81. The van der Waals surface area contributed by atoms with E-state index in [2.05, 4.69) is 12.2 Å². The molecule has 1 N–H and O–H groups in total. The molecule has 4 aliphatic rings. The van der Waals surface area contributed by atoms with Gasteiger partial charge in [0.05, 0.1) is 16.3 Å². The molecule has 20 heavy (non-hydrogen) atoms. The van der Waals surface area contributed by atoms with Crippen LogP contribution in [0.1, 0.15) is 66.2 Å². The van der Waals surface area contributed by atoms with Crippen molar-refractivity contribution in [1.82, 2.24) is 5.32 Å². The third-order valence-electron chi connectivity index (χ3n) is 6.27. The number of amides is 1. The van der Waals surface area contributed by atoms with E-state index in [9.17, 15) is 4.79 Å². The van der Waals surface area contributed by atoms with Gasteiger partial charge in [0.2, 0.25) is 5.91 Å². The molecule has 4 rings (SSSR count). The molecule has 3 heteroatoms. The van der Waals surface area contributed by atoms with Gasteiger partial charge in [-0.15, -0.1) is 11.6 Å². The van der Waals surface area contributed by atoms with Crippen molar-refractivity contribution in [1.29, 1.82) is 0 Å². The number of carbonyl (C=O) groups excluding carboxylic acids is 1. The highest BCUT2D eigenvalue weighted by Gasteiger charge is 2.59. The van der Waals surface area contributed by atoms with Gasteiger partial charge in [0.25, 0.3) is 0 Å². The first-order valence-electron chi connectivity index (χ1n) is 8.11. The molecule has 0 spiro atoms. The van der Waals surface area contributed by atoms with Crippen molar-refractivity contribution in [3.8, 4) is 0 Å². The van der Waals surface area contributed by atoms with E-state index in [-0.39, 0.29) is 22.2 Å². The summed E-state index contributed by atoms with van der Waals surface area (Å²) in [6, 6.07) is 0. The van der Waals surface area contributed by atoms with Crippen LogP contribution < -0.4 is 5.32 Å². The van der Waals surface area contributed by atoms with Crippen LogP contribution >= 0.6 is 11.6 Å².